The molecule has 1 aromatic rings. The first-order chi connectivity index (χ1) is 6.56. The largest absolute Gasteiger partial charge is 0.198 e. The summed E-state index contributed by atoms with van der Waals surface area (Å²) >= 11 is 0. The van der Waals surface area contributed by atoms with Crippen LogP contribution in [0, 0.1) is 18.3 Å². The van der Waals surface area contributed by atoms with Crippen molar-refractivity contribution in [1.29, 1.82) is 5.26 Å². The first-order valence-electron chi connectivity index (χ1n) is 5.06. The van der Waals surface area contributed by atoms with Crippen LogP contribution in [0.1, 0.15) is 49.3 Å². The minimum atomic E-state index is -0.00351. The molecule has 1 rings (SSSR count). The van der Waals surface area contributed by atoms with Crippen LogP contribution in [0.5, 0.6) is 0 Å². The predicted octanol–water partition coefficient (Wildman–Crippen LogP) is 3.75. The van der Waals surface area contributed by atoms with Crippen LogP contribution in [-0.4, -0.2) is 0 Å². The Morgan fingerprint density at radius 1 is 1.21 bits per heavy atom. The lowest BCUT2D eigenvalue weighted by Crippen LogP contribution is -1.96. The molecule has 1 aromatic carbocycles. The van der Waals surface area contributed by atoms with Gasteiger partial charge in [0.2, 0.25) is 0 Å². The minimum Gasteiger partial charge on any atom is -0.198 e. The normalized spacial score (nSPS) is 12.6. The quantitative estimate of drug-likeness (QED) is 0.691. The van der Waals surface area contributed by atoms with Crippen molar-refractivity contribution in [2.45, 2.75) is 39.5 Å². The number of benzene rings is 1. The molecule has 0 heterocycles. The summed E-state index contributed by atoms with van der Waals surface area (Å²) in [7, 11) is 0. The lowest BCUT2D eigenvalue weighted by atomic mass is 9.93. The molecule has 1 nitrogen and oxygen atoms in total. The highest BCUT2D eigenvalue weighted by molar-refractivity contribution is 5.36. The molecule has 0 aromatic heterocycles. The Kier molecular flexibility index (Phi) is 3.30. The van der Waals surface area contributed by atoms with Crippen molar-refractivity contribution in [2.75, 3.05) is 0 Å². The van der Waals surface area contributed by atoms with Crippen LogP contribution in [0.4, 0.5) is 0 Å². The molecule has 0 radical (unpaired) electrons. The topological polar surface area (TPSA) is 23.8 Å². The average molecular weight is 187 g/mol. The van der Waals surface area contributed by atoms with Crippen molar-refractivity contribution in [3.8, 4) is 6.07 Å². The molecule has 0 aliphatic heterocycles. The second-order valence-electron chi connectivity index (χ2n) is 4.12. The second kappa shape index (κ2) is 4.28. The number of rotatable bonds is 2. The molecule has 74 valence electrons. The van der Waals surface area contributed by atoms with Crippen molar-refractivity contribution in [3.05, 3.63) is 34.9 Å². The molecule has 14 heavy (non-hydrogen) atoms. The highest BCUT2D eigenvalue weighted by Gasteiger charge is 2.08. The summed E-state index contributed by atoms with van der Waals surface area (Å²) in [5, 5.41) is 8.84. The Hall–Kier alpha value is -1.29. The maximum atomic E-state index is 8.84. The Balaban J connectivity index is 3.09. The predicted molar refractivity (Wildman–Crippen MR) is 59.3 cm³/mol. The van der Waals surface area contributed by atoms with Gasteiger partial charge in [0.15, 0.2) is 0 Å². The van der Waals surface area contributed by atoms with Crippen LogP contribution in [0.25, 0.3) is 0 Å². The maximum absolute atomic E-state index is 8.84. The van der Waals surface area contributed by atoms with E-state index in [2.05, 4.69) is 45.0 Å². The summed E-state index contributed by atoms with van der Waals surface area (Å²) in [6.45, 7) is 8.39. The molecule has 1 heteroatoms. The third-order valence-corrected chi connectivity index (χ3v) is 2.62. The zero-order valence-corrected chi connectivity index (χ0v) is 9.33. The van der Waals surface area contributed by atoms with E-state index in [9.17, 15) is 0 Å². The summed E-state index contributed by atoms with van der Waals surface area (Å²) in [4.78, 5) is 0. The molecule has 0 aliphatic rings. The second-order valence-corrected chi connectivity index (χ2v) is 4.12. The number of nitriles is 1. The molecule has 1 unspecified atom stereocenters. The van der Waals surface area contributed by atoms with E-state index in [4.69, 9.17) is 5.26 Å². The van der Waals surface area contributed by atoms with Crippen molar-refractivity contribution in [2.24, 2.45) is 0 Å². The highest BCUT2D eigenvalue weighted by Crippen LogP contribution is 2.23. The van der Waals surface area contributed by atoms with Gasteiger partial charge in [-0.25, -0.2) is 0 Å². The molecule has 0 saturated heterocycles. The van der Waals surface area contributed by atoms with E-state index >= 15 is 0 Å². The van der Waals surface area contributed by atoms with E-state index in [0.29, 0.717) is 5.92 Å². The van der Waals surface area contributed by atoms with E-state index in [1.54, 1.807) is 0 Å². The molecular weight excluding hydrogens is 170 g/mol. The van der Waals surface area contributed by atoms with Gasteiger partial charge in [-0.15, -0.1) is 0 Å². The highest BCUT2D eigenvalue weighted by atomic mass is 14.3. The van der Waals surface area contributed by atoms with Crippen LogP contribution in [-0.2, 0) is 0 Å². The lowest BCUT2D eigenvalue weighted by molar-refractivity contribution is 0.858. The van der Waals surface area contributed by atoms with Gasteiger partial charge in [0.05, 0.1) is 12.0 Å². The molecule has 0 fully saturated rings. The molecule has 1 atom stereocenters. The van der Waals surface area contributed by atoms with Crippen molar-refractivity contribution in [3.63, 3.8) is 0 Å². The van der Waals surface area contributed by atoms with E-state index in [0.717, 1.165) is 5.56 Å². The van der Waals surface area contributed by atoms with Gasteiger partial charge in [-0.1, -0.05) is 32.0 Å². The summed E-state index contributed by atoms with van der Waals surface area (Å²) in [6, 6.07) is 8.67. The SMILES string of the molecule is Cc1cc(C(C)C)ccc1C(C)C#N. The summed E-state index contributed by atoms with van der Waals surface area (Å²) < 4.78 is 0. The van der Waals surface area contributed by atoms with Crippen LogP contribution < -0.4 is 0 Å². The van der Waals surface area contributed by atoms with Gasteiger partial charge in [-0.3, -0.25) is 0 Å². The van der Waals surface area contributed by atoms with Crippen LogP contribution in [0.2, 0.25) is 0 Å². The van der Waals surface area contributed by atoms with E-state index in [-0.39, 0.29) is 5.92 Å². The van der Waals surface area contributed by atoms with E-state index < -0.39 is 0 Å². The van der Waals surface area contributed by atoms with Gasteiger partial charge in [0, 0.05) is 0 Å². The summed E-state index contributed by atoms with van der Waals surface area (Å²) in [5.74, 6) is 0.552. The fourth-order valence-corrected chi connectivity index (χ4v) is 1.61. The van der Waals surface area contributed by atoms with Crippen LogP contribution in [0.3, 0.4) is 0 Å². The van der Waals surface area contributed by atoms with Gasteiger partial charge >= 0.3 is 0 Å². The third-order valence-electron chi connectivity index (χ3n) is 2.62. The number of hydrogen-bond acceptors (Lipinski definition) is 1. The van der Waals surface area contributed by atoms with Crippen molar-refractivity contribution in [1.82, 2.24) is 0 Å². The first kappa shape index (κ1) is 10.8. The van der Waals surface area contributed by atoms with Gasteiger partial charge in [-0.2, -0.15) is 5.26 Å². The fraction of sp³-hybridized carbons (Fsp3) is 0.462. The smallest absolute Gasteiger partial charge is 0.0700 e. The third kappa shape index (κ3) is 2.14. The van der Waals surface area contributed by atoms with Crippen LogP contribution in [0.15, 0.2) is 18.2 Å². The summed E-state index contributed by atoms with van der Waals surface area (Å²) in [6.07, 6.45) is 0. The van der Waals surface area contributed by atoms with Gasteiger partial charge in [-0.05, 0) is 36.5 Å². The van der Waals surface area contributed by atoms with Crippen molar-refractivity contribution >= 4 is 0 Å². The van der Waals surface area contributed by atoms with Gasteiger partial charge in [0.25, 0.3) is 0 Å². The van der Waals surface area contributed by atoms with Crippen molar-refractivity contribution < 1.29 is 0 Å². The molecule has 0 saturated carbocycles. The Bertz CT molecular complexity index is 358. The number of hydrogen-bond donors (Lipinski definition) is 0. The first-order valence-corrected chi connectivity index (χ1v) is 5.06. The molecule has 0 N–H and O–H groups in total. The van der Waals surface area contributed by atoms with E-state index in [1.807, 2.05) is 6.92 Å². The minimum absolute atomic E-state index is 0.00351. The van der Waals surface area contributed by atoms with Crippen LogP contribution >= 0.6 is 0 Å². The monoisotopic (exact) mass is 187 g/mol. The molecular formula is C13H17N. The Morgan fingerprint density at radius 2 is 1.86 bits per heavy atom. The fourth-order valence-electron chi connectivity index (χ4n) is 1.61. The lowest BCUT2D eigenvalue weighted by Gasteiger charge is -2.11. The molecule has 0 amide bonds. The average Bonchev–Trinajstić information content (AvgIpc) is 2.16. The zero-order valence-electron chi connectivity index (χ0n) is 9.33. The Morgan fingerprint density at radius 3 is 2.29 bits per heavy atom. The van der Waals surface area contributed by atoms with Gasteiger partial charge in [0.1, 0.15) is 0 Å². The zero-order chi connectivity index (χ0) is 10.7. The standard InChI is InChI=1S/C13H17N/c1-9(2)12-5-6-13(10(3)7-12)11(4)8-14/h5-7,9,11H,1-4H3. The molecule has 0 bridgehead atoms. The summed E-state index contributed by atoms with van der Waals surface area (Å²) in [5.41, 5.74) is 3.72. The van der Waals surface area contributed by atoms with Gasteiger partial charge < -0.3 is 0 Å². The number of aryl methyl sites for hydroxylation is 1. The number of nitrogens with zero attached hydrogens (tertiary/aromatic N) is 1. The van der Waals surface area contributed by atoms with E-state index in [1.165, 1.54) is 11.1 Å². The Labute approximate surface area is 86.4 Å². The molecule has 0 spiro atoms. The maximum Gasteiger partial charge on any atom is 0.0700 e. The molecule has 0 aliphatic carbocycles.